The second kappa shape index (κ2) is 7.01. The molecule has 0 saturated carbocycles. The summed E-state index contributed by atoms with van der Waals surface area (Å²) in [5, 5.41) is 67.6. The van der Waals surface area contributed by atoms with Gasteiger partial charge >= 0.3 is 0 Å². The number of rotatable bonds is 3. The highest BCUT2D eigenvalue weighted by molar-refractivity contribution is 4.93. The van der Waals surface area contributed by atoms with E-state index >= 15 is 0 Å². The summed E-state index contributed by atoms with van der Waals surface area (Å²) in [6.45, 7) is 0.814. The van der Waals surface area contributed by atoms with Gasteiger partial charge in [0.25, 0.3) is 0 Å². The Morgan fingerprint density at radius 1 is 0.818 bits per heavy atom. The van der Waals surface area contributed by atoms with Gasteiger partial charge in [0.05, 0.1) is 12.7 Å². The summed E-state index contributed by atoms with van der Waals surface area (Å²) < 4.78 is 15.3. The molecule has 7 N–H and O–H groups in total. The van der Waals surface area contributed by atoms with Crippen LogP contribution in [-0.4, -0.2) is 104 Å². The molecule has 22 heavy (non-hydrogen) atoms. The minimum absolute atomic E-state index is 0.628. The maximum atomic E-state index is 9.99. The Morgan fingerprint density at radius 3 is 2.05 bits per heavy atom. The first-order valence-corrected chi connectivity index (χ1v) is 6.93. The van der Waals surface area contributed by atoms with Crippen LogP contribution in [0.1, 0.15) is 6.92 Å². The summed E-state index contributed by atoms with van der Waals surface area (Å²) in [6.07, 6.45) is -14.3. The fraction of sp³-hybridized carbons (Fsp3) is 1.00. The molecule has 2 saturated heterocycles. The van der Waals surface area contributed by atoms with E-state index in [2.05, 4.69) is 0 Å². The zero-order valence-corrected chi connectivity index (χ0v) is 11.8. The number of hydrogen-bond donors (Lipinski definition) is 7. The van der Waals surface area contributed by atoms with Crippen LogP contribution >= 0.6 is 0 Å². The molecule has 0 spiro atoms. The molecule has 0 aromatic rings. The van der Waals surface area contributed by atoms with Gasteiger partial charge in [-0.2, -0.15) is 0 Å². The first-order chi connectivity index (χ1) is 10.3. The van der Waals surface area contributed by atoms with Crippen molar-refractivity contribution in [3.05, 3.63) is 0 Å². The van der Waals surface area contributed by atoms with E-state index in [9.17, 15) is 30.6 Å². The van der Waals surface area contributed by atoms with E-state index in [1.165, 1.54) is 6.92 Å². The van der Waals surface area contributed by atoms with Gasteiger partial charge in [0, 0.05) is 0 Å². The molecule has 0 aliphatic carbocycles. The predicted molar refractivity (Wildman–Crippen MR) is 67.2 cm³/mol. The predicted octanol–water partition coefficient (Wildman–Crippen LogP) is -4.37. The summed E-state index contributed by atoms with van der Waals surface area (Å²) in [6, 6.07) is 0. The highest BCUT2D eigenvalue weighted by atomic mass is 16.7. The van der Waals surface area contributed by atoms with Gasteiger partial charge in [-0.25, -0.2) is 0 Å². The van der Waals surface area contributed by atoms with Crippen molar-refractivity contribution in [1.29, 1.82) is 0 Å². The molecule has 2 aliphatic rings. The van der Waals surface area contributed by atoms with Crippen molar-refractivity contribution in [3.8, 4) is 0 Å². The van der Waals surface area contributed by atoms with Crippen molar-refractivity contribution in [2.24, 2.45) is 0 Å². The van der Waals surface area contributed by atoms with Crippen molar-refractivity contribution in [2.75, 3.05) is 6.61 Å². The number of aliphatic hydroxyl groups is 7. The molecule has 2 fully saturated rings. The largest absolute Gasteiger partial charge is 0.394 e. The van der Waals surface area contributed by atoms with E-state index in [4.69, 9.17) is 19.3 Å². The second-order valence-corrected chi connectivity index (χ2v) is 5.51. The fourth-order valence-electron chi connectivity index (χ4n) is 2.51. The molecule has 2 aliphatic heterocycles. The normalized spacial score (nSPS) is 53.5. The molecule has 10 heteroatoms. The van der Waals surface area contributed by atoms with Crippen molar-refractivity contribution in [1.82, 2.24) is 0 Å². The van der Waals surface area contributed by atoms with Crippen LogP contribution in [0.2, 0.25) is 0 Å². The van der Waals surface area contributed by atoms with Crippen LogP contribution in [0.3, 0.4) is 0 Å². The SMILES string of the molecule is C[C@@H]1O[C@H](O[C@@H]2[C@@H](O)[C@@H](O)O[C@H](CO)[C@H]2O)[C@@H](O)[C@H](O)[C@@H]1O. The maximum absolute atomic E-state index is 9.99. The van der Waals surface area contributed by atoms with Crippen molar-refractivity contribution in [2.45, 2.75) is 68.3 Å². The Morgan fingerprint density at radius 2 is 1.45 bits per heavy atom. The van der Waals surface area contributed by atoms with E-state index in [1.807, 2.05) is 0 Å². The van der Waals surface area contributed by atoms with E-state index in [-0.39, 0.29) is 0 Å². The van der Waals surface area contributed by atoms with E-state index in [0.717, 1.165) is 0 Å². The molecule has 2 rings (SSSR count). The Bertz CT molecular complexity index is 368. The topological polar surface area (TPSA) is 169 Å². The quantitative estimate of drug-likeness (QED) is 0.269. The minimum atomic E-state index is -1.71. The summed E-state index contributed by atoms with van der Waals surface area (Å²) in [4.78, 5) is 0. The molecule has 10 atom stereocenters. The zero-order valence-electron chi connectivity index (χ0n) is 11.8. The molecule has 0 radical (unpaired) electrons. The van der Waals surface area contributed by atoms with Gasteiger partial charge in [0.1, 0.15) is 42.7 Å². The molecular weight excluding hydrogens is 304 g/mol. The fourth-order valence-corrected chi connectivity index (χ4v) is 2.51. The lowest BCUT2D eigenvalue weighted by Crippen LogP contribution is -2.63. The molecule has 0 amide bonds. The Balaban J connectivity index is 2.10. The number of hydrogen-bond acceptors (Lipinski definition) is 10. The monoisotopic (exact) mass is 326 g/mol. The van der Waals surface area contributed by atoms with Gasteiger partial charge in [0.2, 0.25) is 0 Å². The highest BCUT2D eigenvalue weighted by Gasteiger charge is 2.49. The second-order valence-electron chi connectivity index (χ2n) is 5.51. The average Bonchev–Trinajstić information content (AvgIpc) is 2.50. The van der Waals surface area contributed by atoms with Gasteiger partial charge in [-0.1, -0.05) is 0 Å². The van der Waals surface area contributed by atoms with Crippen molar-refractivity contribution < 1.29 is 50.0 Å². The lowest BCUT2D eigenvalue weighted by Gasteiger charge is -2.44. The van der Waals surface area contributed by atoms with E-state index < -0.39 is 68.0 Å². The smallest absolute Gasteiger partial charge is 0.187 e. The standard InChI is InChI=1S/C12H22O10/c1-3-5(14)7(16)8(17)12(20-3)22-10-6(15)4(2-13)21-11(19)9(10)18/h3-19H,2H2,1H3/t3-,4+,5+,6+,7+,8-,9+,10-,11-,12+/m0/s1. The third kappa shape index (κ3) is 3.26. The summed E-state index contributed by atoms with van der Waals surface area (Å²) in [7, 11) is 0. The van der Waals surface area contributed by atoms with Gasteiger partial charge in [-0.15, -0.1) is 0 Å². The molecule has 0 aromatic heterocycles. The van der Waals surface area contributed by atoms with Crippen LogP contribution in [-0.2, 0) is 14.2 Å². The van der Waals surface area contributed by atoms with Crippen LogP contribution in [0.4, 0.5) is 0 Å². The van der Waals surface area contributed by atoms with E-state index in [1.54, 1.807) is 0 Å². The first-order valence-electron chi connectivity index (χ1n) is 6.93. The summed E-state index contributed by atoms with van der Waals surface area (Å²) in [5.41, 5.74) is 0. The average molecular weight is 326 g/mol. The van der Waals surface area contributed by atoms with Crippen molar-refractivity contribution in [3.63, 3.8) is 0 Å². The molecule has 130 valence electrons. The lowest BCUT2D eigenvalue weighted by molar-refractivity contribution is -0.352. The van der Waals surface area contributed by atoms with Crippen LogP contribution in [0, 0.1) is 0 Å². The zero-order chi connectivity index (χ0) is 16.6. The molecule has 10 nitrogen and oxygen atoms in total. The maximum Gasteiger partial charge on any atom is 0.187 e. The van der Waals surface area contributed by atoms with Gasteiger partial charge < -0.3 is 50.0 Å². The number of ether oxygens (including phenoxy) is 3. The Hall–Kier alpha value is -0.400. The molecule has 0 bridgehead atoms. The molecule has 0 unspecified atom stereocenters. The third-order valence-electron chi connectivity index (χ3n) is 3.94. The van der Waals surface area contributed by atoms with Crippen LogP contribution in [0.5, 0.6) is 0 Å². The molecule has 2 heterocycles. The van der Waals surface area contributed by atoms with Crippen LogP contribution < -0.4 is 0 Å². The van der Waals surface area contributed by atoms with Gasteiger partial charge in [-0.05, 0) is 6.92 Å². The van der Waals surface area contributed by atoms with Gasteiger partial charge in [0.15, 0.2) is 12.6 Å². The van der Waals surface area contributed by atoms with Crippen LogP contribution in [0.15, 0.2) is 0 Å². The molecule has 0 aromatic carbocycles. The van der Waals surface area contributed by atoms with Crippen molar-refractivity contribution >= 4 is 0 Å². The number of aliphatic hydroxyl groups excluding tert-OH is 7. The Kier molecular flexibility index (Phi) is 5.72. The summed E-state index contributed by atoms with van der Waals surface area (Å²) >= 11 is 0. The molecular formula is C12H22O10. The Labute approximate surface area is 126 Å². The summed E-state index contributed by atoms with van der Waals surface area (Å²) in [5.74, 6) is 0. The third-order valence-corrected chi connectivity index (χ3v) is 3.94. The first kappa shape index (κ1) is 17.9. The van der Waals surface area contributed by atoms with Gasteiger partial charge in [-0.3, -0.25) is 0 Å². The lowest BCUT2D eigenvalue weighted by atomic mass is 9.97. The minimum Gasteiger partial charge on any atom is -0.394 e. The highest BCUT2D eigenvalue weighted by Crippen LogP contribution is 2.28. The van der Waals surface area contributed by atoms with Crippen LogP contribution in [0.25, 0.3) is 0 Å². The van der Waals surface area contributed by atoms with E-state index in [0.29, 0.717) is 0 Å².